The summed E-state index contributed by atoms with van der Waals surface area (Å²) in [5.41, 5.74) is 1.62. The molecule has 0 aliphatic rings. The summed E-state index contributed by atoms with van der Waals surface area (Å²) < 4.78 is 6.31. The van der Waals surface area contributed by atoms with Crippen LogP contribution < -0.4 is 10.1 Å². The van der Waals surface area contributed by atoms with E-state index in [1.165, 1.54) is 5.56 Å². The van der Waals surface area contributed by atoms with Crippen LogP contribution in [0, 0.1) is 11.3 Å². The highest BCUT2D eigenvalue weighted by Crippen LogP contribution is 2.33. The first-order valence-electron chi connectivity index (χ1n) is 6.96. The Balaban J connectivity index is 2.87. The molecule has 1 atom stereocenters. The molecule has 0 bridgehead atoms. The molecule has 0 aromatic heterocycles. The van der Waals surface area contributed by atoms with Gasteiger partial charge in [-0.15, -0.1) is 0 Å². The Morgan fingerprint density at radius 1 is 1.37 bits per heavy atom. The van der Waals surface area contributed by atoms with Crippen molar-refractivity contribution in [3.05, 3.63) is 28.2 Å². The molecule has 108 valence electrons. The Morgan fingerprint density at radius 2 is 2.05 bits per heavy atom. The molecule has 1 aromatic carbocycles. The lowest BCUT2D eigenvalue weighted by Gasteiger charge is -2.34. The van der Waals surface area contributed by atoms with Gasteiger partial charge in [0.05, 0.1) is 11.6 Å². The predicted molar refractivity (Wildman–Crippen MR) is 85.9 cm³/mol. The Morgan fingerprint density at radius 3 is 2.53 bits per heavy atom. The topological polar surface area (TPSA) is 21.3 Å². The van der Waals surface area contributed by atoms with E-state index in [0.29, 0.717) is 5.92 Å². The first-order chi connectivity index (χ1) is 8.92. The van der Waals surface area contributed by atoms with Crippen LogP contribution in [0.3, 0.4) is 0 Å². The zero-order valence-electron chi connectivity index (χ0n) is 12.7. The van der Waals surface area contributed by atoms with Crippen LogP contribution in [0.15, 0.2) is 22.7 Å². The molecule has 1 N–H and O–H groups in total. The van der Waals surface area contributed by atoms with Gasteiger partial charge in [-0.25, -0.2) is 0 Å². The fourth-order valence-corrected chi connectivity index (χ4v) is 2.76. The van der Waals surface area contributed by atoms with Gasteiger partial charge in [-0.3, -0.25) is 0 Å². The number of methoxy groups -OCH3 is 1. The summed E-state index contributed by atoms with van der Waals surface area (Å²) in [6.07, 6.45) is 1.07. The normalized spacial score (nSPS) is 14.5. The van der Waals surface area contributed by atoms with Gasteiger partial charge in [0.2, 0.25) is 0 Å². The average Bonchev–Trinajstić information content (AvgIpc) is 2.36. The molecule has 0 aliphatic heterocycles. The molecule has 0 saturated heterocycles. The van der Waals surface area contributed by atoms with Gasteiger partial charge in [-0.05, 0) is 57.9 Å². The van der Waals surface area contributed by atoms with Gasteiger partial charge in [0, 0.05) is 6.54 Å². The predicted octanol–water partition coefficient (Wildman–Crippen LogP) is 4.27. The lowest BCUT2D eigenvalue weighted by molar-refractivity contribution is 0.209. The molecular weight excluding hydrogens is 302 g/mol. The number of nitrogens with one attached hydrogen (secondary N) is 1. The average molecular weight is 328 g/mol. The fourth-order valence-electron chi connectivity index (χ4n) is 2.17. The monoisotopic (exact) mass is 327 g/mol. The third kappa shape index (κ3) is 4.50. The van der Waals surface area contributed by atoms with Crippen molar-refractivity contribution >= 4 is 15.9 Å². The molecule has 0 saturated carbocycles. The molecule has 2 nitrogen and oxygen atoms in total. The number of ether oxygens (including phenoxy) is 1. The molecule has 1 aromatic rings. The second-order valence-corrected chi connectivity index (χ2v) is 6.59. The second kappa shape index (κ2) is 7.30. The highest BCUT2D eigenvalue weighted by atomic mass is 79.9. The van der Waals surface area contributed by atoms with Crippen LogP contribution in [0.25, 0.3) is 0 Å². The van der Waals surface area contributed by atoms with Gasteiger partial charge in [0.25, 0.3) is 0 Å². The van der Waals surface area contributed by atoms with E-state index in [1.807, 2.05) is 6.07 Å². The Labute approximate surface area is 126 Å². The van der Waals surface area contributed by atoms with Crippen molar-refractivity contribution < 1.29 is 4.74 Å². The van der Waals surface area contributed by atoms with Crippen molar-refractivity contribution in [3.63, 3.8) is 0 Å². The molecule has 1 rings (SSSR count). The zero-order chi connectivity index (χ0) is 14.5. The van der Waals surface area contributed by atoms with Crippen molar-refractivity contribution in [3.8, 4) is 5.75 Å². The Bertz CT molecular complexity index is 406. The molecule has 0 heterocycles. The van der Waals surface area contributed by atoms with Gasteiger partial charge in [-0.1, -0.05) is 33.8 Å². The molecule has 1 unspecified atom stereocenters. The number of benzene rings is 1. The minimum Gasteiger partial charge on any atom is -0.496 e. The quantitative estimate of drug-likeness (QED) is 0.807. The van der Waals surface area contributed by atoms with Crippen LogP contribution >= 0.6 is 15.9 Å². The van der Waals surface area contributed by atoms with Crippen LogP contribution in [0.1, 0.15) is 33.3 Å². The molecule has 0 radical (unpaired) electrons. The molecular formula is C16H26BrNO. The van der Waals surface area contributed by atoms with E-state index in [2.05, 4.69) is 61.1 Å². The van der Waals surface area contributed by atoms with Crippen LogP contribution in [-0.4, -0.2) is 20.2 Å². The maximum atomic E-state index is 5.28. The van der Waals surface area contributed by atoms with Crippen molar-refractivity contribution in [2.45, 2.75) is 34.1 Å². The summed E-state index contributed by atoms with van der Waals surface area (Å²) in [4.78, 5) is 0. The molecule has 0 spiro atoms. The summed E-state index contributed by atoms with van der Waals surface area (Å²) in [5, 5.41) is 3.49. The van der Waals surface area contributed by atoms with E-state index in [1.54, 1.807) is 7.11 Å². The highest BCUT2D eigenvalue weighted by molar-refractivity contribution is 9.10. The third-order valence-electron chi connectivity index (χ3n) is 4.00. The standard InChI is InChI=1S/C16H26BrNO/c1-6-18-11-16(4,12(2)3)10-13-7-8-15(19-5)14(17)9-13/h7-9,12,18H,6,10-11H2,1-5H3. The van der Waals surface area contributed by atoms with Crippen LogP contribution in [0.2, 0.25) is 0 Å². The smallest absolute Gasteiger partial charge is 0.133 e. The Hall–Kier alpha value is -0.540. The zero-order valence-corrected chi connectivity index (χ0v) is 14.3. The van der Waals surface area contributed by atoms with Crippen molar-refractivity contribution in [2.75, 3.05) is 20.2 Å². The molecule has 0 amide bonds. The lowest BCUT2D eigenvalue weighted by atomic mass is 9.74. The fraction of sp³-hybridized carbons (Fsp3) is 0.625. The van der Waals surface area contributed by atoms with Crippen molar-refractivity contribution in [1.29, 1.82) is 0 Å². The van der Waals surface area contributed by atoms with Crippen molar-refractivity contribution in [2.24, 2.45) is 11.3 Å². The van der Waals surface area contributed by atoms with E-state index < -0.39 is 0 Å². The molecule has 0 fully saturated rings. The number of hydrogen-bond donors (Lipinski definition) is 1. The number of hydrogen-bond acceptors (Lipinski definition) is 2. The van der Waals surface area contributed by atoms with Gasteiger partial charge >= 0.3 is 0 Å². The van der Waals surface area contributed by atoms with E-state index in [-0.39, 0.29) is 5.41 Å². The first-order valence-corrected chi connectivity index (χ1v) is 7.75. The van der Waals surface area contributed by atoms with Crippen LogP contribution in [-0.2, 0) is 6.42 Å². The largest absolute Gasteiger partial charge is 0.496 e. The van der Waals surface area contributed by atoms with E-state index in [4.69, 9.17) is 4.74 Å². The summed E-state index contributed by atoms with van der Waals surface area (Å²) in [6.45, 7) is 11.2. The van der Waals surface area contributed by atoms with Crippen molar-refractivity contribution in [1.82, 2.24) is 5.32 Å². The number of rotatable bonds is 7. The number of halogens is 1. The Kier molecular flexibility index (Phi) is 6.34. The van der Waals surface area contributed by atoms with E-state index >= 15 is 0 Å². The molecule has 19 heavy (non-hydrogen) atoms. The lowest BCUT2D eigenvalue weighted by Crippen LogP contribution is -2.37. The minimum absolute atomic E-state index is 0.268. The van der Waals surface area contributed by atoms with E-state index in [0.717, 1.165) is 29.7 Å². The summed E-state index contributed by atoms with van der Waals surface area (Å²) in [5.74, 6) is 1.52. The van der Waals surface area contributed by atoms with Gasteiger partial charge in [0.1, 0.15) is 5.75 Å². The molecule has 3 heteroatoms. The first kappa shape index (κ1) is 16.5. The van der Waals surface area contributed by atoms with Gasteiger partial charge in [-0.2, -0.15) is 0 Å². The highest BCUT2D eigenvalue weighted by Gasteiger charge is 2.28. The summed E-state index contributed by atoms with van der Waals surface area (Å²) in [6, 6.07) is 6.37. The van der Waals surface area contributed by atoms with Gasteiger partial charge < -0.3 is 10.1 Å². The SMILES string of the molecule is CCNCC(C)(Cc1ccc(OC)c(Br)c1)C(C)C. The third-order valence-corrected chi connectivity index (χ3v) is 4.62. The minimum atomic E-state index is 0.268. The summed E-state index contributed by atoms with van der Waals surface area (Å²) in [7, 11) is 1.70. The maximum absolute atomic E-state index is 5.28. The maximum Gasteiger partial charge on any atom is 0.133 e. The van der Waals surface area contributed by atoms with Gasteiger partial charge in [0.15, 0.2) is 0 Å². The summed E-state index contributed by atoms with van der Waals surface area (Å²) >= 11 is 3.56. The second-order valence-electron chi connectivity index (χ2n) is 5.73. The molecule has 0 aliphatic carbocycles. The van der Waals surface area contributed by atoms with Crippen LogP contribution in [0.4, 0.5) is 0 Å². The van der Waals surface area contributed by atoms with E-state index in [9.17, 15) is 0 Å². The van der Waals surface area contributed by atoms with Crippen LogP contribution in [0.5, 0.6) is 5.75 Å².